The summed E-state index contributed by atoms with van der Waals surface area (Å²) in [5.74, 6) is -2.85. The van der Waals surface area contributed by atoms with Gasteiger partial charge in [-0.2, -0.15) is 0 Å². The minimum atomic E-state index is -1.02. The second-order valence-electron chi connectivity index (χ2n) is 6.62. The van der Waals surface area contributed by atoms with Crippen molar-refractivity contribution in [3.63, 3.8) is 0 Å². The van der Waals surface area contributed by atoms with Gasteiger partial charge in [0.25, 0.3) is 0 Å². The van der Waals surface area contributed by atoms with Crippen molar-refractivity contribution in [3.8, 4) is 0 Å². The van der Waals surface area contributed by atoms with Gasteiger partial charge >= 0.3 is 5.97 Å². The van der Waals surface area contributed by atoms with Gasteiger partial charge in [-0.25, -0.2) is 5.48 Å². The van der Waals surface area contributed by atoms with Crippen molar-refractivity contribution in [1.82, 2.24) is 10.8 Å². The number of carboxylic acids is 1. The van der Waals surface area contributed by atoms with E-state index in [1.807, 2.05) is 60.7 Å². The van der Waals surface area contributed by atoms with E-state index in [-0.39, 0.29) is 12.8 Å². The Labute approximate surface area is 163 Å². The Hall–Kier alpha value is -3.19. The van der Waals surface area contributed by atoms with E-state index >= 15 is 0 Å². The molecule has 0 spiro atoms. The highest BCUT2D eigenvalue weighted by Crippen LogP contribution is 2.15. The Balaban J connectivity index is 2.12. The molecule has 2 rings (SSSR count). The summed E-state index contributed by atoms with van der Waals surface area (Å²) in [6.07, 6.45) is 0.224. The number of carboxylic acid groups (broad SMARTS) is 1. The molecule has 0 heterocycles. The minimum absolute atomic E-state index is 0.206. The number of amides is 2. The van der Waals surface area contributed by atoms with E-state index in [0.717, 1.165) is 11.1 Å². The van der Waals surface area contributed by atoms with Crippen LogP contribution in [0.15, 0.2) is 60.7 Å². The first kappa shape index (κ1) is 21.1. The molecule has 0 aliphatic heterocycles. The second-order valence-corrected chi connectivity index (χ2v) is 6.62. The lowest BCUT2D eigenvalue weighted by Crippen LogP contribution is -2.43. The summed E-state index contributed by atoms with van der Waals surface area (Å²) in [5, 5.41) is 20.8. The summed E-state index contributed by atoms with van der Waals surface area (Å²) in [7, 11) is 0. The molecule has 4 N–H and O–H groups in total. The van der Waals surface area contributed by atoms with Crippen molar-refractivity contribution in [2.24, 2.45) is 5.92 Å². The van der Waals surface area contributed by atoms with Gasteiger partial charge in [0.05, 0.1) is 12.3 Å². The third-order valence-corrected chi connectivity index (χ3v) is 4.34. The van der Waals surface area contributed by atoms with Crippen LogP contribution in [0, 0.1) is 5.92 Å². The zero-order valence-corrected chi connectivity index (χ0v) is 15.4. The summed E-state index contributed by atoms with van der Waals surface area (Å²) in [6, 6.07) is 17.9. The molecule has 28 heavy (non-hydrogen) atoms. The van der Waals surface area contributed by atoms with E-state index in [1.165, 1.54) is 0 Å². The lowest BCUT2D eigenvalue weighted by molar-refractivity contribution is -0.138. The SMILES string of the molecule is O=C(O)CC(Cc1ccccc1)NC(=O)C(CC(=O)NO)Cc1ccccc1. The smallest absolute Gasteiger partial charge is 0.305 e. The molecular weight excluding hydrogens is 360 g/mol. The summed E-state index contributed by atoms with van der Waals surface area (Å²) in [4.78, 5) is 35.7. The summed E-state index contributed by atoms with van der Waals surface area (Å²) in [6.45, 7) is 0. The Morgan fingerprint density at radius 1 is 0.821 bits per heavy atom. The van der Waals surface area contributed by atoms with Gasteiger partial charge in [0.1, 0.15) is 0 Å². The first-order valence-electron chi connectivity index (χ1n) is 9.01. The van der Waals surface area contributed by atoms with Crippen molar-refractivity contribution in [2.75, 3.05) is 0 Å². The third-order valence-electron chi connectivity index (χ3n) is 4.34. The van der Waals surface area contributed by atoms with Crippen molar-refractivity contribution in [2.45, 2.75) is 31.7 Å². The molecule has 0 saturated heterocycles. The molecule has 2 unspecified atom stereocenters. The van der Waals surface area contributed by atoms with Crippen molar-refractivity contribution in [1.29, 1.82) is 0 Å². The first-order valence-corrected chi connectivity index (χ1v) is 9.01. The Bertz CT molecular complexity index is 780. The Kier molecular flexibility index (Phi) is 8.17. The van der Waals surface area contributed by atoms with Gasteiger partial charge in [-0.1, -0.05) is 60.7 Å². The van der Waals surface area contributed by atoms with E-state index in [1.54, 1.807) is 5.48 Å². The highest BCUT2D eigenvalue weighted by molar-refractivity contribution is 5.86. The van der Waals surface area contributed by atoms with Gasteiger partial charge in [0.2, 0.25) is 11.8 Å². The largest absolute Gasteiger partial charge is 0.481 e. The Morgan fingerprint density at radius 3 is 1.86 bits per heavy atom. The van der Waals surface area contributed by atoms with Gasteiger partial charge in [-0.3, -0.25) is 19.6 Å². The molecule has 0 bridgehead atoms. The van der Waals surface area contributed by atoms with Crippen molar-refractivity contribution in [3.05, 3.63) is 71.8 Å². The lowest BCUT2D eigenvalue weighted by Gasteiger charge is -2.22. The quantitative estimate of drug-likeness (QED) is 0.369. The maximum atomic E-state index is 12.8. The van der Waals surface area contributed by atoms with Gasteiger partial charge in [-0.15, -0.1) is 0 Å². The highest BCUT2D eigenvalue weighted by atomic mass is 16.5. The molecule has 0 aliphatic rings. The number of benzene rings is 2. The number of nitrogens with one attached hydrogen (secondary N) is 2. The van der Waals surface area contributed by atoms with E-state index in [4.69, 9.17) is 5.21 Å². The van der Waals surface area contributed by atoms with Crippen LogP contribution in [0.2, 0.25) is 0 Å². The van der Waals surface area contributed by atoms with Crippen LogP contribution >= 0.6 is 0 Å². The molecule has 0 saturated carbocycles. The van der Waals surface area contributed by atoms with Crippen LogP contribution in [0.3, 0.4) is 0 Å². The summed E-state index contributed by atoms with van der Waals surface area (Å²) in [5.41, 5.74) is 3.32. The molecule has 148 valence electrons. The number of carbonyl (C=O) groups is 3. The molecule has 0 fully saturated rings. The number of hydrogen-bond donors (Lipinski definition) is 4. The van der Waals surface area contributed by atoms with Crippen LogP contribution in [0.1, 0.15) is 24.0 Å². The molecule has 7 nitrogen and oxygen atoms in total. The first-order chi connectivity index (χ1) is 13.5. The number of aliphatic carboxylic acids is 1. The molecule has 0 radical (unpaired) electrons. The monoisotopic (exact) mass is 384 g/mol. The van der Waals surface area contributed by atoms with Crippen LogP contribution < -0.4 is 10.8 Å². The minimum Gasteiger partial charge on any atom is -0.481 e. The predicted molar refractivity (Wildman–Crippen MR) is 103 cm³/mol. The van der Waals surface area contributed by atoms with E-state index in [0.29, 0.717) is 12.8 Å². The topological polar surface area (TPSA) is 116 Å². The average molecular weight is 384 g/mol. The van der Waals surface area contributed by atoms with Crippen LogP contribution in [-0.2, 0) is 27.2 Å². The predicted octanol–water partition coefficient (Wildman–Crippen LogP) is 1.94. The second kappa shape index (κ2) is 10.8. The maximum Gasteiger partial charge on any atom is 0.305 e. The summed E-state index contributed by atoms with van der Waals surface area (Å²) >= 11 is 0. The van der Waals surface area contributed by atoms with E-state index < -0.39 is 29.7 Å². The van der Waals surface area contributed by atoms with Crippen molar-refractivity contribution < 1.29 is 24.7 Å². The fraction of sp³-hybridized carbons (Fsp3) is 0.286. The summed E-state index contributed by atoms with van der Waals surface area (Å²) < 4.78 is 0. The van der Waals surface area contributed by atoms with Gasteiger partial charge in [0, 0.05) is 12.5 Å². The van der Waals surface area contributed by atoms with E-state index in [2.05, 4.69) is 5.32 Å². The van der Waals surface area contributed by atoms with Crippen LogP contribution in [0.25, 0.3) is 0 Å². The molecule has 2 aromatic rings. The Morgan fingerprint density at radius 2 is 1.36 bits per heavy atom. The van der Waals surface area contributed by atoms with Gasteiger partial charge in [-0.05, 0) is 24.0 Å². The van der Waals surface area contributed by atoms with E-state index in [9.17, 15) is 19.5 Å². The molecule has 0 aliphatic carbocycles. The lowest BCUT2D eigenvalue weighted by atomic mass is 9.94. The fourth-order valence-electron chi connectivity index (χ4n) is 3.03. The van der Waals surface area contributed by atoms with Gasteiger partial charge in [0.15, 0.2) is 0 Å². The maximum absolute atomic E-state index is 12.8. The fourth-order valence-corrected chi connectivity index (χ4v) is 3.03. The number of hydrogen-bond acceptors (Lipinski definition) is 4. The third kappa shape index (κ3) is 7.20. The van der Waals surface area contributed by atoms with Crippen LogP contribution in [-0.4, -0.2) is 34.1 Å². The van der Waals surface area contributed by atoms with Crippen molar-refractivity contribution >= 4 is 17.8 Å². The normalized spacial score (nSPS) is 12.6. The van der Waals surface area contributed by atoms with Crippen LogP contribution in [0.4, 0.5) is 0 Å². The van der Waals surface area contributed by atoms with Crippen LogP contribution in [0.5, 0.6) is 0 Å². The molecule has 7 heteroatoms. The number of carbonyl (C=O) groups excluding carboxylic acids is 2. The molecular formula is C21H24N2O5. The zero-order valence-electron chi connectivity index (χ0n) is 15.4. The zero-order chi connectivity index (χ0) is 20.4. The number of hydroxylamine groups is 1. The molecule has 2 atom stereocenters. The standard InChI is InChI=1S/C21H24N2O5/c24-19(23-28)13-17(11-15-7-3-1-4-8-15)21(27)22-18(14-20(25)26)12-16-9-5-2-6-10-16/h1-10,17-18,28H,11-14H2,(H,22,27)(H,23,24)(H,25,26). The molecule has 2 aromatic carbocycles. The molecule has 2 amide bonds. The highest BCUT2D eigenvalue weighted by Gasteiger charge is 2.25. The average Bonchev–Trinajstić information content (AvgIpc) is 2.68. The number of rotatable bonds is 10. The molecule has 0 aromatic heterocycles. The van der Waals surface area contributed by atoms with Gasteiger partial charge < -0.3 is 10.4 Å².